The molecule has 2 nitrogen and oxygen atoms in total. The van der Waals surface area contributed by atoms with E-state index in [1.807, 2.05) is 0 Å². The van der Waals surface area contributed by atoms with E-state index in [1.54, 1.807) is 0 Å². The van der Waals surface area contributed by atoms with Gasteiger partial charge in [-0.25, -0.2) is 0 Å². The fraction of sp³-hybridized carbons (Fsp3) is 1.00. The van der Waals surface area contributed by atoms with Crippen molar-refractivity contribution in [2.45, 2.75) is 129 Å². The first-order valence-corrected chi connectivity index (χ1v) is 14.6. The molecule has 184 valence electrons. The molecule has 5 atom stereocenters. The highest BCUT2D eigenvalue weighted by molar-refractivity contribution is 5.03. The van der Waals surface area contributed by atoms with Gasteiger partial charge in [-0.2, -0.15) is 0 Å². The van der Waals surface area contributed by atoms with Crippen LogP contribution in [-0.4, -0.2) is 24.4 Å². The fourth-order valence-corrected chi connectivity index (χ4v) is 9.30. The summed E-state index contributed by atoms with van der Waals surface area (Å²) in [6.07, 6.45) is 18.1. The second-order valence-corrected chi connectivity index (χ2v) is 13.9. The first-order chi connectivity index (χ1) is 15.3. The predicted molar refractivity (Wildman–Crippen MR) is 133 cm³/mol. The van der Waals surface area contributed by atoms with E-state index in [4.69, 9.17) is 9.47 Å². The van der Waals surface area contributed by atoms with Crippen molar-refractivity contribution in [3.05, 3.63) is 0 Å². The van der Waals surface area contributed by atoms with Gasteiger partial charge in [0, 0.05) is 6.61 Å². The van der Waals surface area contributed by atoms with Gasteiger partial charge in [0.05, 0.1) is 17.8 Å². The van der Waals surface area contributed by atoms with Crippen LogP contribution >= 0.6 is 0 Å². The number of hydrogen-bond donors (Lipinski definition) is 0. The van der Waals surface area contributed by atoms with Crippen molar-refractivity contribution in [3.8, 4) is 0 Å². The molecule has 6 fully saturated rings. The monoisotopic (exact) mass is 444 g/mol. The van der Waals surface area contributed by atoms with Crippen LogP contribution in [0, 0.1) is 53.3 Å². The molecule has 0 spiro atoms. The van der Waals surface area contributed by atoms with Crippen LogP contribution in [0.3, 0.4) is 0 Å². The Kier molecular flexibility index (Phi) is 7.04. The van der Waals surface area contributed by atoms with Gasteiger partial charge >= 0.3 is 0 Å². The predicted octanol–water partition coefficient (Wildman–Crippen LogP) is 7.89. The fourth-order valence-electron chi connectivity index (χ4n) is 9.30. The van der Waals surface area contributed by atoms with E-state index in [1.165, 1.54) is 77.0 Å². The highest BCUT2D eigenvalue weighted by Crippen LogP contribution is 2.58. The van der Waals surface area contributed by atoms with Gasteiger partial charge in [0.2, 0.25) is 0 Å². The molecule has 3 unspecified atom stereocenters. The van der Waals surface area contributed by atoms with E-state index < -0.39 is 0 Å². The molecule has 32 heavy (non-hydrogen) atoms. The van der Waals surface area contributed by atoms with Crippen LogP contribution in [0.15, 0.2) is 0 Å². The molecule has 0 amide bonds. The lowest BCUT2D eigenvalue weighted by Crippen LogP contribution is -2.53. The minimum Gasteiger partial charge on any atom is -0.378 e. The Morgan fingerprint density at radius 2 is 1.31 bits per heavy atom. The first-order valence-electron chi connectivity index (χ1n) is 14.6. The summed E-state index contributed by atoms with van der Waals surface area (Å²) in [6.45, 7) is 12.8. The SMILES string of the molecule is CC(C)[C@H](C)OCC1CC2CCCC(C1)C2CC(C)[C@H](C)OC12CC3CC(CC(C3)C1)C2. The van der Waals surface area contributed by atoms with Crippen molar-refractivity contribution in [2.24, 2.45) is 53.3 Å². The second kappa shape index (κ2) is 9.52. The van der Waals surface area contributed by atoms with Crippen molar-refractivity contribution >= 4 is 0 Å². The van der Waals surface area contributed by atoms with Gasteiger partial charge in [0.25, 0.3) is 0 Å². The average Bonchev–Trinajstić information content (AvgIpc) is 2.70. The summed E-state index contributed by atoms with van der Waals surface area (Å²) in [5.41, 5.74) is 0.264. The zero-order valence-electron chi connectivity index (χ0n) is 21.9. The van der Waals surface area contributed by atoms with E-state index in [9.17, 15) is 0 Å². The topological polar surface area (TPSA) is 18.5 Å². The van der Waals surface area contributed by atoms with Gasteiger partial charge in [-0.15, -0.1) is 0 Å². The van der Waals surface area contributed by atoms with Crippen LogP contribution in [0.1, 0.15) is 112 Å². The third-order valence-corrected chi connectivity index (χ3v) is 11.0. The van der Waals surface area contributed by atoms with E-state index in [0.29, 0.717) is 24.0 Å². The molecule has 0 aromatic carbocycles. The summed E-state index contributed by atoms with van der Waals surface area (Å²) >= 11 is 0. The number of ether oxygens (including phenoxy) is 2. The highest BCUT2D eigenvalue weighted by Gasteiger charge is 2.52. The highest BCUT2D eigenvalue weighted by atomic mass is 16.5. The maximum Gasteiger partial charge on any atom is 0.0694 e. The third-order valence-electron chi connectivity index (χ3n) is 11.0. The minimum atomic E-state index is 0.264. The summed E-state index contributed by atoms with van der Waals surface area (Å²) in [6, 6.07) is 0. The maximum atomic E-state index is 7.06. The van der Waals surface area contributed by atoms with Crippen molar-refractivity contribution in [1.82, 2.24) is 0 Å². The summed E-state index contributed by atoms with van der Waals surface area (Å²) < 4.78 is 13.3. The molecule has 0 radical (unpaired) electrons. The average molecular weight is 445 g/mol. The van der Waals surface area contributed by atoms with Crippen molar-refractivity contribution in [2.75, 3.05) is 6.61 Å². The first kappa shape index (κ1) is 23.7. The van der Waals surface area contributed by atoms with E-state index >= 15 is 0 Å². The van der Waals surface area contributed by atoms with Gasteiger partial charge < -0.3 is 9.47 Å². The van der Waals surface area contributed by atoms with Gasteiger partial charge in [0.1, 0.15) is 0 Å². The molecule has 6 saturated carbocycles. The Morgan fingerprint density at radius 1 is 0.750 bits per heavy atom. The van der Waals surface area contributed by atoms with Crippen LogP contribution in [0.5, 0.6) is 0 Å². The quantitative estimate of drug-likeness (QED) is 0.360. The van der Waals surface area contributed by atoms with Crippen LogP contribution in [0.4, 0.5) is 0 Å². The zero-order chi connectivity index (χ0) is 22.5. The van der Waals surface area contributed by atoms with Crippen LogP contribution in [0.25, 0.3) is 0 Å². The Bertz CT molecular complexity index is 577. The Hall–Kier alpha value is -0.0800. The smallest absolute Gasteiger partial charge is 0.0694 e. The largest absolute Gasteiger partial charge is 0.378 e. The summed E-state index contributed by atoms with van der Waals surface area (Å²) in [5.74, 6) is 7.92. The molecule has 6 aliphatic carbocycles. The van der Waals surface area contributed by atoms with E-state index in [0.717, 1.165) is 48.0 Å². The van der Waals surface area contributed by atoms with Crippen molar-refractivity contribution in [3.63, 3.8) is 0 Å². The molecule has 0 aliphatic heterocycles. The second-order valence-electron chi connectivity index (χ2n) is 13.9. The summed E-state index contributed by atoms with van der Waals surface area (Å²) in [4.78, 5) is 0. The summed E-state index contributed by atoms with van der Waals surface area (Å²) in [5, 5.41) is 0. The Balaban J connectivity index is 1.14. The molecular weight excluding hydrogens is 392 g/mol. The lowest BCUT2D eigenvalue weighted by Gasteiger charge is -2.57. The lowest BCUT2D eigenvalue weighted by atomic mass is 9.54. The van der Waals surface area contributed by atoms with Crippen molar-refractivity contribution in [1.29, 1.82) is 0 Å². The maximum absolute atomic E-state index is 7.06. The molecule has 0 aromatic rings. The van der Waals surface area contributed by atoms with E-state index in [2.05, 4.69) is 34.6 Å². The minimum absolute atomic E-state index is 0.264. The molecule has 6 bridgehead atoms. The van der Waals surface area contributed by atoms with Crippen LogP contribution in [0.2, 0.25) is 0 Å². The van der Waals surface area contributed by atoms with Gasteiger partial charge in [0.15, 0.2) is 0 Å². The zero-order valence-corrected chi connectivity index (χ0v) is 21.9. The lowest BCUT2D eigenvalue weighted by molar-refractivity contribution is -0.195. The molecule has 0 saturated heterocycles. The van der Waals surface area contributed by atoms with Crippen molar-refractivity contribution < 1.29 is 9.47 Å². The number of fused-ring (bicyclic) bond motifs is 2. The van der Waals surface area contributed by atoms with E-state index in [-0.39, 0.29) is 5.60 Å². The normalized spacial score (nSPS) is 45.8. The molecule has 6 aliphatic rings. The molecule has 0 heterocycles. The molecule has 0 N–H and O–H groups in total. The Labute approximate surface area is 199 Å². The standard InChI is InChI=1S/C30H52O2/c1-19(2)21(4)31-18-26-13-27-7-6-8-28(14-26)29(27)9-20(3)22(5)32-30-15-23-10-24(16-30)12-25(11-23)17-30/h19-29H,6-18H2,1-5H3/t20?,21-,22-,23?,24?,25?,26?,27?,28?,29?,30?/m0/s1. The van der Waals surface area contributed by atoms with Gasteiger partial charge in [-0.1, -0.05) is 40.0 Å². The van der Waals surface area contributed by atoms with Gasteiger partial charge in [-0.3, -0.25) is 0 Å². The van der Waals surface area contributed by atoms with Gasteiger partial charge in [-0.05, 0) is 125 Å². The number of hydrogen-bond acceptors (Lipinski definition) is 2. The number of rotatable bonds is 9. The molecule has 2 heteroatoms. The summed E-state index contributed by atoms with van der Waals surface area (Å²) in [7, 11) is 0. The third kappa shape index (κ3) is 4.98. The molecule has 6 rings (SSSR count). The Morgan fingerprint density at radius 3 is 1.84 bits per heavy atom. The van der Waals surface area contributed by atoms with Crippen LogP contribution < -0.4 is 0 Å². The van der Waals surface area contributed by atoms with Crippen LogP contribution in [-0.2, 0) is 9.47 Å². The molecule has 0 aromatic heterocycles. The molecular formula is C30H52O2.